The number of nitrogens with zero attached hydrogens (tertiary/aromatic N) is 4. The second kappa shape index (κ2) is 3.97. The molecule has 7 heteroatoms. The molecule has 0 spiro atoms. The minimum Gasteiger partial charge on any atom is -0.381 e. The summed E-state index contributed by atoms with van der Waals surface area (Å²) >= 11 is 6.70. The Morgan fingerprint density at radius 2 is 2.07 bits per heavy atom. The summed E-state index contributed by atoms with van der Waals surface area (Å²) in [6.45, 7) is 0.643. The SMILES string of the molecule is Cn1cc(Cn2cc(Br)c(N)n2)c(Br)n1. The first-order chi connectivity index (χ1) is 7.06. The number of aromatic nitrogens is 4. The molecule has 0 saturated heterocycles. The molecule has 2 aromatic heterocycles. The number of anilines is 1. The van der Waals surface area contributed by atoms with Crippen LogP contribution in [0.25, 0.3) is 0 Å². The zero-order chi connectivity index (χ0) is 11.0. The first-order valence-electron chi connectivity index (χ1n) is 4.22. The fraction of sp³-hybridized carbons (Fsp3) is 0.250. The standard InChI is InChI=1S/C8H9Br2N5/c1-14-2-5(7(10)12-14)3-15-4-6(9)8(11)13-15/h2,4H,3H2,1H3,(H2,11,13). The van der Waals surface area contributed by atoms with E-state index in [0.717, 1.165) is 14.6 Å². The van der Waals surface area contributed by atoms with E-state index in [9.17, 15) is 0 Å². The van der Waals surface area contributed by atoms with Crippen molar-refractivity contribution < 1.29 is 0 Å². The summed E-state index contributed by atoms with van der Waals surface area (Å²) in [6.07, 6.45) is 3.78. The van der Waals surface area contributed by atoms with Gasteiger partial charge in [-0.2, -0.15) is 10.2 Å². The molecule has 0 aliphatic heterocycles. The number of hydrogen-bond donors (Lipinski definition) is 1. The van der Waals surface area contributed by atoms with Crippen molar-refractivity contribution >= 4 is 37.7 Å². The molecule has 2 aromatic rings. The van der Waals surface area contributed by atoms with Crippen LogP contribution < -0.4 is 5.73 Å². The summed E-state index contributed by atoms with van der Waals surface area (Å²) in [5.74, 6) is 0.495. The Balaban J connectivity index is 2.25. The molecule has 0 atom stereocenters. The summed E-state index contributed by atoms with van der Waals surface area (Å²) in [4.78, 5) is 0. The largest absolute Gasteiger partial charge is 0.381 e. The van der Waals surface area contributed by atoms with Crippen LogP contribution in [0, 0.1) is 0 Å². The van der Waals surface area contributed by atoms with Gasteiger partial charge in [-0.05, 0) is 31.9 Å². The molecule has 80 valence electrons. The van der Waals surface area contributed by atoms with E-state index in [4.69, 9.17) is 5.73 Å². The Kier molecular flexibility index (Phi) is 2.83. The fourth-order valence-electron chi connectivity index (χ4n) is 1.28. The van der Waals surface area contributed by atoms with Crippen molar-refractivity contribution in [3.05, 3.63) is 27.0 Å². The van der Waals surface area contributed by atoms with Gasteiger partial charge >= 0.3 is 0 Å². The molecule has 0 unspecified atom stereocenters. The van der Waals surface area contributed by atoms with Crippen LogP contribution in [-0.4, -0.2) is 19.6 Å². The van der Waals surface area contributed by atoms with Crippen molar-refractivity contribution in [2.45, 2.75) is 6.54 Å². The molecule has 0 fully saturated rings. The average Bonchev–Trinajstić information content (AvgIpc) is 2.59. The highest BCUT2D eigenvalue weighted by Gasteiger charge is 2.07. The predicted molar refractivity (Wildman–Crippen MR) is 64.3 cm³/mol. The van der Waals surface area contributed by atoms with E-state index >= 15 is 0 Å². The highest BCUT2D eigenvalue weighted by molar-refractivity contribution is 9.10. The van der Waals surface area contributed by atoms with Crippen LogP contribution in [0.5, 0.6) is 0 Å². The lowest BCUT2D eigenvalue weighted by Gasteiger charge is -1.97. The van der Waals surface area contributed by atoms with Gasteiger partial charge in [0.25, 0.3) is 0 Å². The highest BCUT2D eigenvalue weighted by atomic mass is 79.9. The third-order valence-corrected chi connectivity index (χ3v) is 3.21. The Hall–Kier alpha value is -0.820. The van der Waals surface area contributed by atoms with Gasteiger partial charge in [0.1, 0.15) is 4.60 Å². The Morgan fingerprint density at radius 1 is 1.33 bits per heavy atom. The quantitative estimate of drug-likeness (QED) is 0.910. The molecular formula is C8H9Br2N5. The third-order valence-electron chi connectivity index (χ3n) is 1.93. The van der Waals surface area contributed by atoms with Gasteiger partial charge in [-0.1, -0.05) is 0 Å². The van der Waals surface area contributed by atoms with Gasteiger partial charge < -0.3 is 5.73 Å². The molecule has 0 saturated carbocycles. The molecule has 5 nitrogen and oxygen atoms in total. The summed E-state index contributed by atoms with van der Waals surface area (Å²) in [5.41, 5.74) is 6.69. The summed E-state index contributed by atoms with van der Waals surface area (Å²) < 4.78 is 5.15. The number of halogens is 2. The first-order valence-corrected chi connectivity index (χ1v) is 5.81. The van der Waals surface area contributed by atoms with E-state index in [1.165, 1.54) is 0 Å². The van der Waals surface area contributed by atoms with Crippen molar-refractivity contribution in [1.29, 1.82) is 0 Å². The Morgan fingerprint density at radius 3 is 2.53 bits per heavy atom. The van der Waals surface area contributed by atoms with Gasteiger partial charge in [0.05, 0.1) is 11.0 Å². The maximum Gasteiger partial charge on any atom is 0.159 e. The molecule has 0 bridgehead atoms. The molecule has 0 aromatic carbocycles. The van der Waals surface area contributed by atoms with Gasteiger partial charge in [0, 0.05) is 25.0 Å². The molecule has 2 heterocycles. The van der Waals surface area contributed by atoms with Crippen molar-refractivity contribution in [1.82, 2.24) is 19.6 Å². The predicted octanol–water partition coefficient (Wildman–Crippen LogP) is 1.77. The van der Waals surface area contributed by atoms with Crippen molar-refractivity contribution in [3.8, 4) is 0 Å². The average molecular weight is 335 g/mol. The van der Waals surface area contributed by atoms with Crippen molar-refractivity contribution in [3.63, 3.8) is 0 Å². The number of rotatable bonds is 2. The molecule has 0 aliphatic rings. The molecule has 2 rings (SSSR count). The summed E-state index contributed by atoms with van der Waals surface area (Å²) in [7, 11) is 1.88. The summed E-state index contributed by atoms with van der Waals surface area (Å²) in [5, 5.41) is 8.33. The number of nitrogens with two attached hydrogens (primary N) is 1. The van der Waals surface area contributed by atoms with Gasteiger partial charge in [0.15, 0.2) is 5.82 Å². The van der Waals surface area contributed by atoms with Gasteiger partial charge in [0.2, 0.25) is 0 Å². The lowest BCUT2D eigenvalue weighted by Crippen LogP contribution is -2.00. The monoisotopic (exact) mass is 333 g/mol. The molecule has 0 radical (unpaired) electrons. The smallest absolute Gasteiger partial charge is 0.159 e. The minimum atomic E-state index is 0.495. The number of hydrogen-bond acceptors (Lipinski definition) is 3. The van der Waals surface area contributed by atoms with Crippen LogP contribution >= 0.6 is 31.9 Å². The van der Waals surface area contributed by atoms with Gasteiger partial charge in [-0.25, -0.2) is 0 Å². The minimum absolute atomic E-state index is 0.495. The van der Waals surface area contributed by atoms with E-state index in [1.807, 2.05) is 19.4 Å². The van der Waals surface area contributed by atoms with Crippen LogP contribution in [0.2, 0.25) is 0 Å². The van der Waals surface area contributed by atoms with Crippen LogP contribution in [0.3, 0.4) is 0 Å². The van der Waals surface area contributed by atoms with E-state index < -0.39 is 0 Å². The van der Waals surface area contributed by atoms with E-state index in [0.29, 0.717) is 12.4 Å². The zero-order valence-corrected chi connectivity index (χ0v) is 11.2. The Labute approximate surface area is 104 Å². The second-order valence-corrected chi connectivity index (χ2v) is 4.78. The maximum absolute atomic E-state index is 5.63. The normalized spacial score (nSPS) is 10.9. The van der Waals surface area contributed by atoms with Gasteiger partial charge in [-0.15, -0.1) is 0 Å². The van der Waals surface area contributed by atoms with E-state index in [2.05, 4.69) is 42.1 Å². The molecule has 0 amide bonds. The zero-order valence-electron chi connectivity index (χ0n) is 7.98. The first kappa shape index (κ1) is 10.7. The molecule has 0 aliphatic carbocycles. The van der Waals surface area contributed by atoms with Crippen LogP contribution in [0.4, 0.5) is 5.82 Å². The molecular weight excluding hydrogens is 326 g/mol. The van der Waals surface area contributed by atoms with Crippen molar-refractivity contribution in [2.75, 3.05) is 5.73 Å². The van der Waals surface area contributed by atoms with Crippen LogP contribution in [-0.2, 0) is 13.6 Å². The maximum atomic E-state index is 5.63. The second-order valence-electron chi connectivity index (χ2n) is 3.18. The lowest BCUT2D eigenvalue weighted by molar-refractivity contribution is 0.687. The van der Waals surface area contributed by atoms with Crippen LogP contribution in [0.15, 0.2) is 21.5 Å². The highest BCUT2D eigenvalue weighted by Crippen LogP contribution is 2.19. The Bertz CT molecular complexity index is 468. The van der Waals surface area contributed by atoms with E-state index in [1.54, 1.807) is 9.36 Å². The van der Waals surface area contributed by atoms with E-state index in [-0.39, 0.29) is 0 Å². The van der Waals surface area contributed by atoms with Gasteiger partial charge in [-0.3, -0.25) is 9.36 Å². The van der Waals surface area contributed by atoms with Crippen molar-refractivity contribution in [2.24, 2.45) is 7.05 Å². The number of nitrogen functional groups attached to an aromatic ring is 1. The third kappa shape index (κ3) is 2.23. The number of aryl methyl sites for hydroxylation is 1. The topological polar surface area (TPSA) is 61.7 Å². The summed E-state index contributed by atoms with van der Waals surface area (Å²) in [6, 6.07) is 0. The van der Waals surface area contributed by atoms with Crippen LogP contribution in [0.1, 0.15) is 5.56 Å². The fourth-order valence-corrected chi connectivity index (χ4v) is 2.08. The molecule has 2 N–H and O–H groups in total. The molecule has 15 heavy (non-hydrogen) atoms. The lowest BCUT2D eigenvalue weighted by atomic mass is 10.4.